The van der Waals surface area contributed by atoms with Crippen molar-refractivity contribution in [3.63, 3.8) is 0 Å². The summed E-state index contributed by atoms with van der Waals surface area (Å²) in [5.41, 5.74) is 2.11. The normalized spacial score (nSPS) is 18.1. The van der Waals surface area contributed by atoms with Crippen molar-refractivity contribution in [3.05, 3.63) is 89.3 Å². The molecule has 5 heteroatoms. The largest absolute Gasteiger partial charge is 0.494 e. The minimum atomic E-state index is -0.800. The van der Waals surface area contributed by atoms with Crippen molar-refractivity contribution in [3.8, 4) is 22.6 Å². The maximum absolute atomic E-state index is 15.1. The van der Waals surface area contributed by atoms with E-state index < -0.39 is 11.6 Å². The van der Waals surface area contributed by atoms with Gasteiger partial charge in [-0.2, -0.15) is 0 Å². The van der Waals surface area contributed by atoms with Crippen LogP contribution in [0, 0.1) is 23.4 Å². The molecular formula is C30H31F3O2. The van der Waals surface area contributed by atoms with Gasteiger partial charge in [0, 0.05) is 5.56 Å². The zero-order valence-corrected chi connectivity index (χ0v) is 20.2. The van der Waals surface area contributed by atoms with Gasteiger partial charge in [0.1, 0.15) is 5.75 Å². The van der Waals surface area contributed by atoms with Crippen molar-refractivity contribution >= 4 is 6.08 Å². The fraction of sp³-hybridized carbons (Fsp3) is 0.333. The van der Waals surface area contributed by atoms with E-state index in [2.05, 4.69) is 6.08 Å². The quantitative estimate of drug-likeness (QED) is 0.322. The van der Waals surface area contributed by atoms with Crippen molar-refractivity contribution in [2.45, 2.75) is 45.4 Å². The Kier molecular flexibility index (Phi) is 8.17. The highest BCUT2D eigenvalue weighted by Gasteiger charge is 2.25. The molecular weight excluding hydrogens is 449 g/mol. The zero-order chi connectivity index (χ0) is 24.8. The Morgan fingerprint density at radius 3 is 2.17 bits per heavy atom. The van der Waals surface area contributed by atoms with Gasteiger partial charge in [-0.1, -0.05) is 42.5 Å². The summed E-state index contributed by atoms with van der Waals surface area (Å²) in [4.78, 5) is 0. The molecule has 0 aliphatic heterocycles. The van der Waals surface area contributed by atoms with Crippen LogP contribution in [0.3, 0.4) is 0 Å². The summed E-state index contributed by atoms with van der Waals surface area (Å²) in [6, 6.07) is 15.4. The van der Waals surface area contributed by atoms with Crippen molar-refractivity contribution in [1.82, 2.24) is 0 Å². The highest BCUT2D eigenvalue weighted by atomic mass is 19.2. The molecule has 0 unspecified atom stereocenters. The molecule has 1 saturated carbocycles. The molecule has 0 bridgehead atoms. The Labute approximate surface area is 205 Å². The third kappa shape index (κ3) is 5.90. The number of allylic oxidation sites excluding steroid dienone is 1. The Balaban J connectivity index is 1.39. The molecule has 1 aliphatic rings. The maximum atomic E-state index is 15.1. The Hall–Kier alpha value is -3.21. The Morgan fingerprint density at radius 2 is 1.51 bits per heavy atom. The molecule has 3 aromatic rings. The second kappa shape index (κ2) is 11.5. The predicted octanol–water partition coefficient (Wildman–Crippen LogP) is 8.56. The lowest BCUT2D eigenvalue weighted by Gasteiger charge is -2.27. The average Bonchev–Trinajstić information content (AvgIpc) is 2.87. The molecule has 0 aromatic heterocycles. The van der Waals surface area contributed by atoms with Crippen molar-refractivity contribution in [2.24, 2.45) is 5.92 Å². The molecule has 0 spiro atoms. The van der Waals surface area contributed by atoms with Gasteiger partial charge in [-0.3, -0.25) is 0 Å². The lowest BCUT2D eigenvalue weighted by atomic mass is 9.78. The first-order valence-corrected chi connectivity index (χ1v) is 12.3. The van der Waals surface area contributed by atoms with Crippen LogP contribution in [-0.2, 0) is 0 Å². The van der Waals surface area contributed by atoms with E-state index >= 15 is 4.39 Å². The van der Waals surface area contributed by atoms with Crippen LogP contribution in [0.5, 0.6) is 11.5 Å². The standard InChI is InChI=1S/C30H31F3O2/c1-3-34-24-14-12-23(13-15-24)26-17-16-25(29(32)30(26)33)22-10-7-20(8-11-22)5-6-21-9-18-28(35-4-2)27(31)19-21/h5-6,9,12-20,22H,3-4,7-8,10-11H2,1-2H3/b6-5+. The number of hydrogen-bond acceptors (Lipinski definition) is 2. The molecule has 0 amide bonds. The van der Waals surface area contributed by atoms with Gasteiger partial charge in [0.2, 0.25) is 0 Å². The lowest BCUT2D eigenvalue weighted by molar-refractivity contribution is 0.321. The highest BCUT2D eigenvalue weighted by Crippen LogP contribution is 2.39. The second-order valence-electron chi connectivity index (χ2n) is 8.88. The smallest absolute Gasteiger partial charge is 0.166 e. The summed E-state index contributed by atoms with van der Waals surface area (Å²) < 4.78 is 54.8. The minimum Gasteiger partial charge on any atom is -0.494 e. The predicted molar refractivity (Wildman–Crippen MR) is 134 cm³/mol. The number of hydrogen-bond donors (Lipinski definition) is 0. The van der Waals surface area contributed by atoms with Gasteiger partial charge in [-0.05, 0) is 92.3 Å². The third-order valence-corrected chi connectivity index (χ3v) is 6.62. The van der Waals surface area contributed by atoms with E-state index in [9.17, 15) is 8.78 Å². The van der Waals surface area contributed by atoms with Gasteiger partial charge in [-0.15, -0.1) is 0 Å². The summed E-state index contributed by atoms with van der Waals surface area (Å²) in [5.74, 6) is -0.640. The molecule has 0 atom stereocenters. The fourth-order valence-electron chi connectivity index (χ4n) is 4.76. The maximum Gasteiger partial charge on any atom is 0.166 e. The van der Waals surface area contributed by atoms with E-state index in [0.29, 0.717) is 36.0 Å². The van der Waals surface area contributed by atoms with E-state index in [1.165, 1.54) is 6.07 Å². The molecule has 2 nitrogen and oxygen atoms in total. The van der Waals surface area contributed by atoms with E-state index in [0.717, 1.165) is 31.2 Å². The molecule has 184 valence electrons. The van der Waals surface area contributed by atoms with Crippen LogP contribution >= 0.6 is 0 Å². The SMILES string of the molecule is CCOc1ccc(-c2ccc(C3CCC(/C=C/c4ccc(OCC)c(F)c4)CC3)c(F)c2F)cc1. The molecule has 3 aromatic carbocycles. The van der Waals surface area contributed by atoms with Gasteiger partial charge in [0.25, 0.3) is 0 Å². The Bertz CT molecular complexity index is 1160. The average molecular weight is 481 g/mol. The van der Waals surface area contributed by atoms with E-state index in [1.54, 1.807) is 42.5 Å². The summed E-state index contributed by atoms with van der Waals surface area (Å²) in [7, 11) is 0. The Morgan fingerprint density at radius 1 is 0.800 bits per heavy atom. The summed E-state index contributed by atoms with van der Waals surface area (Å²) >= 11 is 0. The van der Waals surface area contributed by atoms with Crippen LogP contribution in [0.15, 0.2) is 60.7 Å². The minimum absolute atomic E-state index is 0.00792. The zero-order valence-electron chi connectivity index (χ0n) is 20.2. The van der Waals surface area contributed by atoms with Crippen LogP contribution in [-0.4, -0.2) is 13.2 Å². The molecule has 4 rings (SSSR count). The van der Waals surface area contributed by atoms with E-state index in [4.69, 9.17) is 9.47 Å². The first-order chi connectivity index (χ1) is 17.0. The number of benzene rings is 3. The van der Waals surface area contributed by atoms with Crippen LogP contribution in [0.2, 0.25) is 0 Å². The van der Waals surface area contributed by atoms with Crippen LogP contribution in [0.4, 0.5) is 13.2 Å². The van der Waals surface area contributed by atoms with Gasteiger partial charge >= 0.3 is 0 Å². The first-order valence-electron chi connectivity index (χ1n) is 12.3. The molecule has 0 N–H and O–H groups in total. The van der Waals surface area contributed by atoms with E-state index in [-0.39, 0.29) is 23.0 Å². The third-order valence-electron chi connectivity index (χ3n) is 6.62. The number of halogens is 3. The van der Waals surface area contributed by atoms with Crippen molar-refractivity contribution in [1.29, 1.82) is 0 Å². The molecule has 1 aliphatic carbocycles. The van der Waals surface area contributed by atoms with Gasteiger partial charge in [0.05, 0.1) is 13.2 Å². The molecule has 1 fully saturated rings. The van der Waals surface area contributed by atoms with Crippen molar-refractivity contribution in [2.75, 3.05) is 13.2 Å². The van der Waals surface area contributed by atoms with Gasteiger partial charge in [-0.25, -0.2) is 13.2 Å². The van der Waals surface area contributed by atoms with Crippen LogP contribution in [0.25, 0.3) is 17.2 Å². The number of ether oxygens (including phenoxy) is 2. The monoisotopic (exact) mass is 480 g/mol. The van der Waals surface area contributed by atoms with Gasteiger partial charge in [0.15, 0.2) is 23.2 Å². The molecule has 0 saturated heterocycles. The van der Waals surface area contributed by atoms with Crippen LogP contribution in [0.1, 0.15) is 56.6 Å². The number of rotatable bonds is 8. The fourth-order valence-corrected chi connectivity index (χ4v) is 4.76. The summed E-state index contributed by atoms with van der Waals surface area (Å²) in [6.07, 6.45) is 7.34. The summed E-state index contributed by atoms with van der Waals surface area (Å²) in [6.45, 7) is 4.69. The highest BCUT2D eigenvalue weighted by molar-refractivity contribution is 5.65. The topological polar surface area (TPSA) is 18.5 Å². The molecule has 0 heterocycles. The second-order valence-corrected chi connectivity index (χ2v) is 8.88. The summed E-state index contributed by atoms with van der Waals surface area (Å²) in [5, 5.41) is 0. The lowest BCUT2D eigenvalue weighted by Crippen LogP contribution is -2.13. The molecule has 0 radical (unpaired) electrons. The first kappa shape index (κ1) is 24.9. The molecule has 35 heavy (non-hydrogen) atoms. The van der Waals surface area contributed by atoms with Crippen LogP contribution < -0.4 is 9.47 Å². The van der Waals surface area contributed by atoms with E-state index in [1.807, 2.05) is 26.0 Å². The van der Waals surface area contributed by atoms with Crippen molar-refractivity contribution < 1.29 is 22.6 Å². The van der Waals surface area contributed by atoms with Gasteiger partial charge < -0.3 is 9.47 Å².